The summed E-state index contributed by atoms with van der Waals surface area (Å²) in [4.78, 5) is 22.8. The molecule has 4 nitrogen and oxygen atoms in total. The number of amides is 1. The van der Waals surface area contributed by atoms with Gasteiger partial charge in [0.05, 0.1) is 10.6 Å². The van der Waals surface area contributed by atoms with Crippen LogP contribution >= 0.6 is 23.2 Å². The number of carboxylic acids is 1. The standard InChI is InChI=1S/C14H9Cl2NO3/c15-9-3-1-8(2-4-9)13(18)17-10-5-6-11(14(19)20)12(16)7-10/h1-7H,(H,17,18)(H,19,20). The number of aromatic carboxylic acids is 1. The van der Waals surface area contributed by atoms with E-state index in [9.17, 15) is 9.59 Å². The quantitative estimate of drug-likeness (QED) is 0.902. The zero-order valence-corrected chi connectivity index (χ0v) is 11.6. The fourth-order valence-corrected chi connectivity index (χ4v) is 1.96. The molecule has 2 aromatic carbocycles. The molecule has 0 saturated carbocycles. The van der Waals surface area contributed by atoms with Crippen LogP contribution in [0.15, 0.2) is 42.5 Å². The Kier molecular flexibility index (Phi) is 4.27. The summed E-state index contributed by atoms with van der Waals surface area (Å²) in [5.41, 5.74) is 0.837. The zero-order chi connectivity index (χ0) is 14.7. The molecule has 0 aliphatic rings. The second kappa shape index (κ2) is 5.94. The van der Waals surface area contributed by atoms with Gasteiger partial charge in [-0.15, -0.1) is 0 Å². The maximum absolute atomic E-state index is 11.9. The first-order valence-electron chi connectivity index (χ1n) is 5.57. The lowest BCUT2D eigenvalue weighted by Gasteiger charge is -2.07. The van der Waals surface area contributed by atoms with Crippen LogP contribution in [0.3, 0.4) is 0 Å². The average molecular weight is 310 g/mol. The maximum atomic E-state index is 11.9. The minimum absolute atomic E-state index is 0.0174. The summed E-state index contributed by atoms with van der Waals surface area (Å²) >= 11 is 11.6. The third-order valence-corrected chi connectivity index (χ3v) is 3.13. The van der Waals surface area contributed by atoms with Crippen molar-refractivity contribution in [3.05, 3.63) is 63.6 Å². The van der Waals surface area contributed by atoms with Gasteiger partial charge in [0, 0.05) is 16.3 Å². The molecule has 0 aromatic heterocycles. The molecule has 0 radical (unpaired) electrons. The lowest BCUT2D eigenvalue weighted by molar-refractivity contribution is 0.0697. The molecule has 0 spiro atoms. The number of hydrogen-bond donors (Lipinski definition) is 2. The number of hydrogen-bond acceptors (Lipinski definition) is 2. The third-order valence-electron chi connectivity index (χ3n) is 2.56. The topological polar surface area (TPSA) is 66.4 Å². The van der Waals surface area contributed by atoms with E-state index in [2.05, 4.69) is 5.32 Å². The van der Waals surface area contributed by atoms with Crippen LogP contribution in [-0.2, 0) is 0 Å². The molecule has 20 heavy (non-hydrogen) atoms. The molecule has 0 aliphatic carbocycles. The number of benzene rings is 2. The van der Waals surface area contributed by atoms with E-state index in [0.29, 0.717) is 16.3 Å². The highest BCUT2D eigenvalue weighted by molar-refractivity contribution is 6.34. The number of carbonyl (C=O) groups excluding carboxylic acids is 1. The molecule has 2 aromatic rings. The number of halogens is 2. The Morgan fingerprint density at radius 2 is 1.65 bits per heavy atom. The highest BCUT2D eigenvalue weighted by atomic mass is 35.5. The molecule has 2 rings (SSSR count). The Hall–Kier alpha value is -2.04. The van der Waals surface area contributed by atoms with Crippen molar-refractivity contribution in [2.45, 2.75) is 0 Å². The Bertz CT molecular complexity index is 669. The van der Waals surface area contributed by atoms with Crippen LogP contribution in [0.5, 0.6) is 0 Å². The summed E-state index contributed by atoms with van der Waals surface area (Å²) < 4.78 is 0. The van der Waals surface area contributed by atoms with E-state index >= 15 is 0 Å². The number of carbonyl (C=O) groups is 2. The highest BCUT2D eigenvalue weighted by Gasteiger charge is 2.11. The normalized spacial score (nSPS) is 10.1. The van der Waals surface area contributed by atoms with E-state index in [1.54, 1.807) is 24.3 Å². The fraction of sp³-hybridized carbons (Fsp3) is 0. The van der Waals surface area contributed by atoms with Crippen LogP contribution in [0.2, 0.25) is 10.0 Å². The fourth-order valence-electron chi connectivity index (χ4n) is 1.57. The first-order valence-corrected chi connectivity index (χ1v) is 6.33. The number of nitrogens with one attached hydrogen (secondary N) is 1. The number of anilines is 1. The molecule has 6 heteroatoms. The van der Waals surface area contributed by atoms with Crippen molar-refractivity contribution in [2.75, 3.05) is 5.32 Å². The summed E-state index contributed by atoms with van der Waals surface area (Å²) in [5.74, 6) is -1.45. The number of rotatable bonds is 3. The van der Waals surface area contributed by atoms with E-state index in [1.807, 2.05) is 0 Å². The monoisotopic (exact) mass is 309 g/mol. The second-order valence-electron chi connectivity index (χ2n) is 3.96. The van der Waals surface area contributed by atoms with Crippen LogP contribution in [0, 0.1) is 0 Å². The van der Waals surface area contributed by atoms with Crippen molar-refractivity contribution in [1.29, 1.82) is 0 Å². The molecule has 0 heterocycles. The summed E-state index contributed by atoms with van der Waals surface area (Å²) in [6, 6.07) is 10.6. The molecule has 0 aliphatic heterocycles. The summed E-state index contributed by atoms with van der Waals surface area (Å²) in [7, 11) is 0. The minimum atomic E-state index is -1.12. The van der Waals surface area contributed by atoms with Gasteiger partial charge in [0.15, 0.2) is 0 Å². The van der Waals surface area contributed by atoms with Crippen molar-refractivity contribution in [2.24, 2.45) is 0 Å². The van der Waals surface area contributed by atoms with E-state index < -0.39 is 5.97 Å². The molecule has 0 fully saturated rings. The van der Waals surface area contributed by atoms with Gasteiger partial charge in [-0.1, -0.05) is 23.2 Å². The van der Waals surface area contributed by atoms with E-state index in [4.69, 9.17) is 28.3 Å². The Balaban J connectivity index is 2.18. The van der Waals surface area contributed by atoms with E-state index in [0.717, 1.165) is 0 Å². The zero-order valence-electron chi connectivity index (χ0n) is 10.1. The molecular formula is C14H9Cl2NO3. The SMILES string of the molecule is O=C(Nc1ccc(C(=O)O)c(Cl)c1)c1ccc(Cl)cc1. The van der Waals surface area contributed by atoms with Gasteiger partial charge in [-0.3, -0.25) is 4.79 Å². The van der Waals surface area contributed by atoms with Crippen molar-refractivity contribution in [3.63, 3.8) is 0 Å². The molecule has 102 valence electrons. The van der Waals surface area contributed by atoms with Gasteiger partial charge >= 0.3 is 5.97 Å². The van der Waals surface area contributed by atoms with Gasteiger partial charge in [0.1, 0.15) is 0 Å². The van der Waals surface area contributed by atoms with Crippen LogP contribution in [0.25, 0.3) is 0 Å². The molecule has 0 atom stereocenters. The molecule has 2 N–H and O–H groups in total. The summed E-state index contributed by atoms with van der Waals surface area (Å²) in [5, 5.41) is 12.1. The molecule has 1 amide bonds. The van der Waals surface area contributed by atoms with Crippen molar-refractivity contribution < 1.29 is 14.7 Å². The summed E-state index contributed by atoms with van der Waals surface area (Å²) in [6.45, 7) is 0. The van der Waals surface area contributed by atoms with E-state index in [-0.39, 0.29) is 16.5 Å². The van der Waals surface area contributed by atoms with Crippen LogP contribution in [0.4, 0.5) is 5.69 Å². The van der Waals surface area contributed by atoms with Gasteiger partial charge in [-0.05, 0) is 42.5 Å². The Labute approximate surface area is 124 Å². The predicted molar refractivity (Wildman–Crippen MR) is 77.8 cm³/mol. The first-order chi connectivity index (χ1) is 9.47. The molecule has 0 bridgehead atoms. The average Bonchev–Trinajstić information content (AvgIpc) is 2.39. The highest BCUT2D eigenvalue weighted by Crippen LogP contribution is 2.21. The first kappa shape index (κ1) is 14.4. The second-order valence-corrected chi connectivity index (χ2v) is 4.80. The van der Waals surface area contributed by atoms with Crippen LogP contribution in [-0.4, -0.2) is 17.0 Å². The van der Waals surface area contributed by atoms with Gasteiger partial charge in [-0.25, -0.2) is 4.79 Å². The van der Waals surface area contributed by atoms with Gasteiger partial charge in [0.2, 0.25) is 0 Å². The molecule has 0 saturated heterocycles. The Morgan fingerprint density at radius 1 is 1.00 bits per heavy atom. The predicted octanol–water partition coefficient (Wildman–Crippen LogP) is 3.94. The minimum Gasteiger partial charge on any atom is -0.478 e. The smallest absolute Gasteiger partial charge is 0.337 e. The lowest BCUT2D eigenvalue weighted by Crippen LogP contribution is -2.12. The summed E-state index contributed by atoms with van der Waals surface area (Å²) in [6.07, 6.45) is 0. The van der Waals surface area contributed by atoms with E-state index in [1.165, 1.54) is 18.2 Å². The van der Waals surface area contributed by atoms with Crippen molar-refractivity contribution in [1.82, 2.24) is 0 Å². The van der Waals surface area contributed by atoms with Gasteiger partial charge in [-0.2, -0.15) is 0 Å². The molecular weight excluding hydrogens is 301 g/mol. The maximum Gasteiger partial charge on any atom is 0.337 e. The third kappa shape index (κ3) is 3.29. The molecule has 0 unspecified atom stereocenters. The number of carboxylic acid groups (broad SMARTS) is 1. The van der Waals surface area contributed by atoms with Crippen LogP contribution in [0.1, 0.15) is 20.7 Å². The van der Waals surface area contributed by atoms with Crippen LogP contribution < -0.4 is 5.32 Å². The van der Waals surface area contributed by atoms with Crippen molar-refractivity contribution in [3.8, 4) is 0 Å². The Morgan fingerprint density at radius 3 is 2.20 bits per heavy atom. The largest absolute Gasteiger partial charge is 0.478 e. The van der Waals surface area contributed by atoms with Gasteiger partial charge in [0.25, 0.3) is 5.91 Å². The lowest BCUT2D eigenvalue weighted by atomic mass is 10.2. The van der Waals surface area contributed by atoms with Crippen molar-refractivity contribution >= 4 is 40.8 Å². The van der Waals surface area contributed by atoms with Gasteiger partial charge < -0.3 is 10.4 Å².